The fourth-order valence-electron chi connectivity index (χ4n) is 0.991. The zero-order chi connectivity index (χ0) is 11.8. The molecule has 0 amide bonds. The van der Waals surface area contributed by atoms with Gasteiger partial charge < -0.3 is 10.2 Å². The van der Waals surface area contributed by atoms with Crippen LogP contribution in [0.1, 0.15) is 20.8 Å². The first-order valence-corrected chi connectivity index (χ1v) is 5.48. The quantitative estimate of drug-likeness (QED) is 0.740. The van der Waals surface area contributed by atoms with Crippen molar-refractivity contribution in [2.24, 2.45) is 0 Å². The van der Waals surface area contributed by atoms with Crippen LogP contribution >= 0.6 is 0 Å². The van der Waals surface area contributed by atoms with Crippen LogP contribution in [0.25, 0.3) is 0 Å². The maximum atomic E-state index is 11.1. The van der Waals surface area contributed by atoms with Gasteiger partial charge in [0.05, 0.1) is 11.8 Å². The van der Waals surface area contributed by atoms with E-state index in [0.717, 1.165) is 18.5 Å². The lowest BCUT2D eigenvalue weighted by Gasteiger charge is -2.01. The van der Waals surface area contributed by atoms with Gasteiger partial charge in [0.2, 0.25) is 10.0 Å². The molecule has 1 aromatic heterocycles. The molecule has 1 rings (SSSR count). The highest BCUT2D eigenvalue weighted by Crippen LogP contribution is 2.11. The summed E-state index contributed by atoms with van der Waals surface area (Å²) in [4.78, 5) is 21.1. The van der Waals surface area contributed by atoms with Crippen LogP contribution in [0.4, 0.5) is 0 Å². The van der Waals surface area contributed by atoms with Gasteiger partial charge in [-0.2, -0.15) is 0 Å². The standard InChI is InChI=1S/C7H7NO6S/c1-15(13,14)8-3-4(6(9)10)2-5(8)7(11)12/h2-3H,1H3,(H,9,10)(H,11,12). The Bertz CT molecular complexity index is 526. The van der Waals surface area contributed by atoms with Gasteiger partial charge in [-0.15, -0.1) is 0 Å². The molecule has 0 saturated carbocycles. The zero-order valence-corrected chi connectivity index (χ0v) is 8.35. The van der Waals surface area contributed by atoms with Crippen molar-refractivity contribution >= 4 is 22.0 Å². The number of carboxylic acid groups (broad SMARTS) is 2. The molecular weight excluding hydrogens is 226 g/mol. The lowest BCUT2D eigenvalue weighted by Crippen LogP contribution is -2.15. The molecule has 1 heterocycles. The second-order valence-electron chi connectivity index (χ2n) is 2.78. The van der Waals surface area contributed by atoms with E-state index >= 15 is 0 Å². The van der Waals surface area contributed by atoms with Crippen LogP contribution in [0.5, 0.6) is 0 Å². The topological polar surface area (TPSA) is 114 Å². The van der Waals surface area contributed by atoms with E-state index in [9.17, 15) is 18.0 Å². The van der Waals surface area contributed by atoms with Gasteiger partial charge in [0.25, 0.3) is 0 Å². The average molecular weight is 233 g/mol. The van der Waals surface area contributed by atoms with E-state index in [2.05, 4.69) is 0 Å². The molecule has 0 aliphatic carbocycles. The lowest BCUT2D eigenvalue weighted by molar-refractivity contribution is 0.0686. The summed E-state index contributed by atoms with van der Waals surface area (Å²) in [5, 5.41) is 17.2. The third-order valence-corrected chi connectivity index (χ3v) is 2.63. The molecule has 82 valence electrons. The maximum Gasteiger partial charge on any atom is 0.353 e. The number of hydrogen-bond donors (Lipinski definition) is 2. The van der Waals surface area contributed by atoms with Gasteiger partial charge in [0, 0.05) is 6.20 Å². The fourth-order valence-corrected chi connectivity index (χ4v) is 1.78. The van der Waals surface area contributed by atoms with Crippen molar-refractivity contribution in [2.45, 2.75) is 0 Å². The smallest absolute Gasteiger partial charge is 0.353 e. The number of aromatic nitrogens is 1. The van der Waals surface area contributed by atoms with E-state index in [1.807, 2.05) is 0 Å². The molecule has 0 atom stereocenters. The molecule has 2 N–H and O–H groups in total. The maximum absolute atomic E-state index is 11.1. The second-order valence-corrected chi connectivity index (χ2v) is 4.64. The summed E-state index contributed by atoms with van der Waals surface area (Å²) in [6, 6.07) is 0.783. The molecule has 7 nitrogen and oxygen atoms in total. The van der Waals surface area contributed by atoms with E-state index in [1.54, 1.807) is 0 Å². The van der Waals surface area contributed by atoms with E-state index in [0.29, 0.717) is 3.97 Å². The van der Waals surface area contributed by atoms with Crippen molar-refractivity contribution < 1.29 is 28.2 Å². The van der Waals surface area contributed by atoms with Gasteiger partial charge >= 0.3 is 11.9 Å². The van der Waals surface area contributed by atoms with Crippen LogP contribution in [-0.4, -0.2) is 40.8 Å². The highest BCUT2D eigenvalue weighted by molar-refractivity contribution is 7.89. The number of rotatable bonds is 3. The Morgan fingerprint density at radius 1 is 1.27 bits per heavy atom. The van der Waals surface area contributed by atoms with Crippen LogP contribution in [0.15, 0.2) is 12.3 Å². The Morgan fingerprint density at radius 3 is 2.07 bits per heavy atom. The van der Waals surface area contributed by atoms with Gasteiger partial charge in [0.1, 0.15) is 5.69 Å². The minimum absolute atomic E-state index is 0.391. The van der Waals surface area contributed by atoms with Crippen molar-refractivity contribution in [2.75, 3.05) is 6.26 Å². The average Bonchev–Trinajstić information content (AvgIpc) is 2.45. The molecule has 0 radical (unpaired) electrons. The molecule has 15 heavy (non-hydrogen) atoms. The lowest BCUT2D eigenvalue weighted by atomic mass is 10.3. The molecule has 0 fully saturated rings. The summed E-state index contributed by atoms with van der Waals surface area (Å²) in [6.45, 7) is 0. The highest BCUT2D eigenvalue weighted by Gasteiger charge is 2.20. The van der Waals surface area contributed by atoms with E-state index in [1.165, 1.54) is 0 Å². The highest BCUT2D eigenvalue weighted by atomic mass is 32.2. The van der Waals surface area contributed by atoms with Gasteiger partial charge in [-0.3, -0.25) is 0 Å². The summed E-state index contributed by atoms with van der Waals surface area (Å²) >= 11 is 0. The first kappa shape index (κ1) is 11.2. The summed E-state index contributed by atoms with van der Waals surface area (Å²) in [5.41, 5.74) is -0.993. The predicted molar refractivity (Wildman–Crippen MR) is 48.6 cm³/mol. The molecule has 8 heteroatoms. The summed E-state index contributed by atoms with van der Waals surface area (Å²) < 4.78 is 22.6. The summed E-state index contributed by atoms with van der Waals surface area (Å²) in [6.07, 6.45) is 1.53. The van der Waals surface area contributed by atoms with E-state index < -0.39 is 33.2 Å². The Labute approximate surface area is 84.6 Å². The Hall–Kier alpha value is -1.83. The normalized spacial score (nSPS) is 11.3. The molecule has 0 unspecified atom stereocenters. The summed E-state index contributed by atoms with van der Waals surface area (Å²) in [5.74, 6) is -2.90. The van der Waals surface area contributed by atoms with Gasteiger partial charge in [-0.05, 0) is 6.07 Å². The van der Waals surface area contributed by atoms with E-state index in [-0.39, 0.29) is 0 Å². The number of hydrogen-bond acceptors (Lipinski definition) is 4. The number of nitrogens with zero attached hydrogens (tertiary/aromatic N) is 1. The Kier molecular flexibility index (Phi) is 2.54. The summed E-state index contributed by atoms with van der Waals surface area (Å²) in [7, 11) is -3.82. The number of aromatic carboxylic acids is 2. The van der Waals surface area contributed by atoms with Gasteiger partial charge in [0.15, 0.2) is 0 Å². The molecule has 0 aliphatic rings. The Morgan fingerprint density at radius 2 is 1.80 bits per heavy atom. The van der Waals surface area contributed by atoms with Crippen LogP contribution < -0.4 is 0 Å². The number of carboxylic acids is 2. The van der Waals surface area contributed by atoms with Crippen molar-refractivity contribution in [3.05, 3.63) is 23.5 Å². The number of carbonyl (C=O) groups is 2. The molecule has 0 aliphatic heterocycles. The van der Waals surface area contributed by atoms with Crippen molar-refractivity contribution in [3.8, 4) is 0 Å². The van der Waals surface area contributed by atoms with Crippen LogP contribution in [0.2, 0.25) is 0 Å². The zero-order valence-electron chi connectivity index (χ0n) is 7.54. The van der Waals surface area contributed by atoms with Crippen LogP contribution in [0.3, 0.4) is 0 Å². The first-order chi connectivity index (χ1) is 6.73. The third-order valence-electron chi connectivity index (χ3n) is 1.61. The minimum Gasteiger partial charge on any atom is -0.478 e. The largest absolute Gasteiger partial charge is 0.478 e. The SMILES string of the molecule is CS(=O)(=O)n1cc(C(=O)O)cc1C(=O)O. The van der Waals surface area contributed by atoms with Crippen LogP contribution in [-0.2, 0) is 10.0 Å². The molecular formula is C7H7NO6S. The molecule has 0 saturated heterocycles. The third kappa shape index (κ3) is 2.15. The second kappa shape index (κ2) is 3.39. The van der Waals surface area contributed by atoms with E-state index in [4.69, 9.17) is 10.2 Å². The first-order valence-electron chi connectivity index (χ1n) is 3.63. The van der Waals surface area contributed by atoms with Crippen molar-refractivity contribution in [3.63, 3.8) is 0 Å². The minimum atomic E-state index is -3.82. The van der Waals surface area contributed by atoms with Crippen molar-refractivity contribution in [1.82, 2.24) is 3.97 Å². The predicted octanol–water partition coefficient (Wildman–Crippen LogP) is -0.308. The Balaban J connectivity index is 3.51. The van der Waals surface area contributed by atoms with Crippen molar-refractivity contribution in [1.29, 1.82) is 0 Å². The monoisotopic (exact) mass is 233 g/mol. The molecule has 0 bridgehead atoms. The molecule has 0 spiro atoms. The molecule has 0 aromatic carbocycles. The molecule has 1 aromatic rings. The van der Waals surface area contributed by atoms with Crippen LogP contribution in [0, 0.1) is 0 Å². The van der Waals surface area contributed by atoms with Gasteiger partial charge in [-0.1, -0.05) is 0 Å². The van der Waals surface area contributed by atoms with Gasteiger partial charge in [-0.25, -0.2) is 22.0 Å². The fraction of sp³-hybridized carbons (Fsp3) is 0.143.